The van der Waals surface area contributed by atoms with Gasteiger partial charge in [-0.25, -0.2) is 0 Å². The first-order valence-electron chi connectivity index (χ1n) is 6.56. The first-order valence-corrected chi connectivity index (χ1v) is 6.56. The van der Waals surface area contributed by atoms with E-state index in [1.165, 1.54) is 27.9 Å². The van der Waals surface area contributed by atoms with Crippen molar-refractivity contribution in [1.29, 1.82) is 0 Å². The minimum atomic E-state index is -0.968. The number of hydrogen-bond acceptors (Lipinski definition) is 7. The van der Waals surface area contributed by atoms with Crippen LogP contribution in [0.1, 0.15) is 27.7 Å². The van der Waals surface area contributed by atoms with Gasteiger partial charge in [0, 0.05) is 27.9 Å². The molecule has 0 radical (unpaired) electrons. The topological polar surface area (TPSA) is 100 Å². The largest absolute Gasteiger partial charge is 0.456 e. The van der Waals surface area contributed by atoms with Crippen molar-refractivity contribution in [2.45, 2.75) is 58.3 Å². The van der Waals surface area contributed by atoms with Crippen molar-refractivity contribution in [2.75, 3.05) is 7.11 Å². The van der Waals surface area contributed by atoms with Crippen LogP contribution in [0.15, 0.2) is 0 Å². The van der Waals surface area contributed by atoms with E-state index in [-0.39, 0.29) is 5.91 Å². The maximum absolute atomic E-state index is 11.3. The molecule has 21 heavy (non-hydrogen) atoms. The highest BCUT2D eigenvalue weighted by Gasteiger charge is 2.49. The van der Waals surface area contributed by atoms with E-state index >= 15 is 0 Å². The fraction of sp³-hybridized carbons (Fsp3) is 0.769. The van der Waals surface area contributed by atoms with Gasteiger partial charge in [-0.3, -0.25) is 14.4 Å². The number of nitrogens with one attached hydrogen (secondary N) is 1. The van der Waals surface area contributed by atoms with E-state index in [9.17, 15) is 14.4 Å². The van der Waals surface area contributed by atoms with Crippen molar-refractivity contribution in [3.63, 3.8) is 0 Å². The van der Waals surface area contributed by atoms with Gasteiger partial charge < -0.3 is 24.3 Å². The summed E-state index contributed by atoms with van der Waals surface area (Å²) in [5, 5.41) is 2.65. The molecule has 1 fully saturated rings. The number of hydrogen-bond donors (Lipinski definition) is 1. The summed E-state index contributed by atoms with van der Waals surface area (Å²) in [6, 6.07) is -0.651. The zero-order valence-electron chi connectivity index (χ0n) is 12.7. The molecule has 1 heterocycles. The molecule has 0 aliphatic carbocycles. The molecule has 0 unspecified atom stereocenters. The normalized spacial score (nSPS) is 32.1. The monoisotopic (exact) mass is 303 g/mol. The Bertz CT molecular complexity index is 411. The van der Waals surface area contributed by atoms with Crippen LogP contribution in [0.5, 0.6) is 0 Å². The van der Waals surface area contributed by atoms with Gasteiger partial charge in [-0.15, -0.1) is 0 Å². The van der Waals surface area contributed by atoms with Gasteiger partial charge in [0.1, 0.15) is 0 Å². The third-order valence-electron chi connectivity index (χ3n) is 3.01. The molecular weight excluding hydrogens is 282 g/mol. The van der Waals surface area contributed by atoms with Gasteiger partial charge in [0.05, 0.1) is 12.1 Å². The van der Waals surface area contributed by atoms with Gasteiger partial charge in [-0.1, -0.05) is 0 Å². The van der Waals surface area contributed by atoms with Crippen LogP contribution in [0.4, 0.5) is 0 Å². The number of amides is 1. The van der Waals surface area contributed by atoms with Crippen LogP contribution in [0.3, 0.4) is 0 Å². The fourth-order valence-corrected chi connectivity index (χ4v) is 2.27. The van der Waals surface area contributed by atoms with Crippen molar-refractivity contribution in [3.05, 3.63) is 0 Å². The van der Waals surface area contributed by atoms with Crippen LogP contribution < -0.4 is 5.32 Å². The first kappa shape index (κ1) is 17.4. The number of carbonyl (C=O) groups excluding carboxylic acids is 3. The molecule has 0 spiro atoms. The minimum absolute atomic E-state index is 0.315. The Morgan fingerprint density at radius 2 is 1.52 bits per heavy atom. The van der Waals surface area contributed by atoms with E-state index in [4.69, 9.17) is 18.9 Å². The van der Waals surface area contributed by atoms with E-state index in [1.54, 1.807) is 6.92 Å². The molecule has 0 saturated carbocycles. The second kappa shape index (κ2) is 7.37. The Hall–Kier alpha value is -1.67. The summed E-state index contributed by atoms with van der Waals surface area (Å²) in [6.45, 7) is 5.49. The smallest absolute Gasteiger partial charge is 0.303 e. The van der Waals surface area contributed by atoms with Crippen LogP contribution in [0, 0.1) is 0 Å². The molecule has 0 aromatic heterocycles. The molecular formula is C13H21NO7. The molecule has 8 nitrogen and oxygen atoms in total. The standard InChI is InChI=1S/C13H21NO7/c1-6-10(14-7(2)15)11(20-8(3)16)12(21-9(4)17)13(18-5)19-6/h6,10-13H,1-5H3,(H,14,15)/t6-,10-,11+,12-,13-/m1/s1. The second-order valence-corrected chi connectivity index (χ2v) is 4.82. The zero-order chi connectivity index (χ0) is 16.2. The molecule has 120 valence electrons. The number of esters is 2. The molecule has 1 aliphatic rings. The quantitative estimate of drug-likeness (QED) is 0.714. The summed E-state index contributed by atoms with van der Waals surface area (Å²) in [6.07, 6.45) is -3.25. The third kappa shape index (κ3) is 4.68. The summed E-state index contributed by atoms with van der Waals surface area (Å²) in [5.74, 6) is -1.44. The van der Waals surface area contributed by atoms with Crippen molar-refractivity contribution in [1.82, 2.24) is 5.32 Å². The highest BCUT2D eigenvalue weighted by Crippen LogP contribution is 2.26. The van der Waals surface area contributed by atoms with Crippen LogP contribution in [-0.2, 0) is 33.3 Å². The first-order chi connectivity index (χ1) is 9.76. The Kier molecular flexibility index (Phi) is 6.10. The van der Waals surface area contributed by atoms with Gasteiger partial charge in [0.15, 0.2) is 18.5 Å². The van der Waals surface area contributed by atoms with Crippen LogP contribution >= 0.6 is 0 Å². The predicted octanol–water partition coefficient (Wildman–Crippen LogP) is -0.254. The molecule has 0 aromatic rings. The minimum Gasteiger partial charge on any atom is -0.456 e. The molecule has 0 aromatic carbocycles. The Morgan fingerprint density at radius 1 is 1.00 bits per heavy atom. The molecule has 8 heteroatoms. The van der Waals surface area contributed by atoms with Crippen molar-refractivity contribution in [3.8, 4) is 0 Å². The van der Waals surface area contributed by atoms with Crippen LogP contribution in [-0.4, -0.2) is 55.6 Å². The highest BCUT2D eigenvalue weighted by molar-refractivity contribution is 5.73. The molecule has 1 aliphatic heterocycles. The number of rotatable bonds is 4. The number of ether oxygens (including phenoxy) is 4. The Labute approximate surface area is 123 Å². The van der Waals surface area contributed by atoms with Crippen molar-refractivity contribution >= 4 is 17.8 Å². The molecule has 5 atom stereocenters. The summed E-state index contributed by atoms with van der Waals surface area (Å²) in [4.78, 5) is 33.9. The lowest BCUT2D eigenvalue weighted by Gasteiger charge is -2.43. The van der Waals surface area contributed by atoms with Crippen molar-refractivity contribution < 1.29 is 33.3 Å². The van der Waals surface area contributed by atoms with E-state index < -0.39 is 42.6 Å². The van der Waals surface area contributed by atoms with Gasteiger partial charge in [-0.2, -0.15) is 0 Å². The van der Waals surface area contributed by atoms with E-state index in [2.05, 4.69) is 5.32 Å². The lowest BCUT2D eigenvalue weighted by Crippen LogP contribution is -2.64. The lowest BCUT2D eigenvalue weighted by molar-refractivity contribution is -0.272. The molecule has 1 N–H and O–H groups in total. The molecule has 1 amide bonds. The highest BCUT2D eigenvalue weighted by atomic mass is 16.7. The van der Waals surface area contributed by atoms with Crippen molar-refractivity contribution in [2.24, 2.45) is 0 Å². The SMILES string of the molecule is CO[C@@H]1O[C@H](C)[C@@H](NC(C)=O)[C@H](OC(C)=O)[C@H]1OC(C)=O. The average Bonchev–Trinajstić information content (AvgIpc) is 2.35. The zero-order valence-corrected chi connectivity index (χ0v) is 12.7. The summed E-state index contributed by atoms with van der Waals surface area (Å²) >= 11 is 0. The van der Waals surface area contributed by atoms with Gasteiger partial charge >= 0.3 is 11.9 Å². The average molecular weight is 303 g/mol. The maximum atomic E-state index is 11.3. The maximum Gasteiger partial charge on any atom is 0.303 e. The summed E-state index contributed by atoms with van der Waals surface area (Å²) in [5.41, 5.74) is 0. The molecule has 1 saturated heterocycles. The van der Waals surface area contributed by atoms with Gasteiger partial charge in [0.2, 0.25) is 5.91 Å². The predicted molar refractivity (Wildman–Crippen MR) is 70.1 cm³/mol. The van der Waals surface area contributed by atoms with E-state index in [0.717, 1.165) is 0 Å². The molecule has 0 bridgehead atoms. The van der Waals surface area contributed by atoms with Crippen LogP contribution in [0.2, 0.25) is 0 Å². The second-order valence-electron chi connectivity index (χ2n) is 4.82. The lowest BCUT2D eigenvalue weighted by atomic mass is 9.96. The molecule has 1 rings (SSSR count). The summed E-state index contributed by atoms with van der Waals surface area (Å²) in [7, 11) is 1.39. The van der Waals surface area contributed by atoms with E-state index in [0.29, 0.717) is 0 Å². The number of methoxy groups -OCH3 is 1. The fourth-order valence-electron chi connectivity index (χ4n) is 2.27. The van der Waals surface area contributed by atoms with Crippen LogP contribution in [0.25, 0.3) is 0 Å². The Balaban J connectivity index is 3.08. The van der Waals surface area contributed by atoms with Gasteiger partial charge in [0.25, 0.3) is 0 Å². The van der Waals surface area contributed by atoms with Gasteiger partial charge in [-0.05, 0) is 6.92 Å². The Morgan fingerprint density at radius 3 is 1.95 bits per heavy atom. The third-order valence-corrected chi connectivity index (χ3v) is 3.01. The summed E-state index contributed by atoms with van der Waals surface area (Å²) < 4.78 is 21.1. The van der Waals surface area contributed by atoms with E-state index in [1.807, 2.05) is 0 Å². The number of carbonyl (C=O) groups is 3.